The molecule has 3 aromatic rings. The smallest absolute Gasteiger partial charge is 0.261 e. The Morgan fingerprint density at radius 1 is 1.42 bits per heavy atom. The van der Waals surface area contributed by atoms with E-state index in [1.165, 1.54) is 10.9 Å². The van der Waals surface area contributed by atoms with Crippen LogP contribution in [0.4, 0.5) is 0 Å². The Balaban J connectivity index is 1.66. The van der Waals surface area contributed by atoms with Gasteiger partial charge in [-0.2, -0.15) is 0 Å². The van der Waals surface area contributed by atoms with E-state index in [-0.39, 0.29) is 24.1 Å². The van der Waals surface area contributed by atoms with Crippen LogP contribution in [0.25, 0.3) is 10.9 Å². The van der Waals surface area contributed by atoms with E-state index in [0.717, 1.165) is 0 Å². The summed E-state index contributed by atoms with van der Waals surface area (Å²) in [7, 11) is 1.63. The van der Waals surface area contributed by atoms with Crippen LogP contribution in [0, 0.1) is 0 Å². The average Bonchev–Trinajstić information content (AvgIpc) is 3.11. The zero-order chi connectivity index (χ0) is 17.1. The molecule has 1 N–H and O–H groups in total. The molecule has 124 valence electrons. The lowest BCUT2D eigenvalue weighted by atomic mass is 10.2. The first-order valence-corrected chi connectivity index (χ1v) is 7.45. The molecule has 1 amide bonds. The molecule has 7 nitrogen and oxygen atoms in total. The Hall–Kier alpha value is -3.09. The summed E-state index contributed by atoms with van der Waals surface area (Å²) in [5.41, 5.74) is 0.419. The van der Waals surface area contributed by atoms with Crippen LogP contribution in [0.2, 0.25) is 0 Å². The molecule has 0 aliphatic carbocycles. The molecule has 2 aromatic heterocycles. The second-order valence-corrected chi connectivity index (χ2v) is 5.43. The molecule has 2 heterocycles. The van der Waals surface area contributed by atoms with Crippen molar-refractivity contribution in [3.05, 3.63) is 59.0 Å². The van der Waals surface area contributed by atoms with Gasteiger partial charge in [0.25, 0.3) is 11.5 Å². The maximum absolute atomic E-state index is 12.1. The maximum atomic E-state index is 12.1. The van der Waals surface area contributed by atoms with Crippen molar-refractivity contribution in [2.75, 3.05) is 6.61 Å². The highest BCUT2D eigenvalue weighted by atomic mass is 16.5. The number of ether oxygens (including phenoxy) is 1. The molecule has 7 heteroatoms. The molecule has 1 unspecified atom stereocenters. The van der Waals surface area contributed by atoms with Gasteiger partial charge in [0.1, 0.15) is 11.5 Å². The molecule has 0 spiro atoms. The third-order valence-electron chi connectivity index (χ3n) is 3.61. The fraction of sp³-hybridized carbons (Fsp3) is 0.235. The number of hydrogen-bond acceptors (Lipinski definition) is 5. The van der Waals surface area contributed by atoms with Crippen LogP contribution in [0.3, 0.4) is 0 Å². The summed E-state index contributed by atoms with van der Waals surface area (Å²) in [6.07, 6.45) is 3.02. The van der Waals surface area contributed by atoms with Crippen molar-refractivity contribution >= 4 is 16.8 Å². The molecule has 0 aliphatic heterocycles. The number of fused-ring (bicyclic) bond motifs is 1. The Morgan fingerprint density at radius 3 is 3.00 bits per heavy atom. The lowest BCUT2D eigenvalue weighted by Gasteiger charge is -2.12. The summed E-state index contributed by atoms with van der Waals surface area (Å²) in [4.78, 5) is 28.2. The van der Waals surface area contributed by atoms with Gasteiger partial charge in [-0.15, -0.1) is 0 Å². The molecule has 0 bridgehead atoms. The van der Waals surface area contributed by atoms with Gasteiger partial charge < -0.3 is 19.0 Å². The fourth-order valence-electron chi connectivity index (χ4n) is 2.32. The van der Waals surface area contributed by atoms with E-state index in [1.807, 2.05) is 6.92 Å². The van der Waals surface area contributed by atoms with Gasteiger partial charge in [0.2, 0.25) is 0 Å². The number of aryl methyl sites for hydroxylation is 1. The Bertz CT molecular complexity index is 915. The molecule has 0 radical (unpaired) electrons. The lowest BCUT2D eigenvalue weighted by Crippen LogP contribution is -2.31. The van der Waals surface area contributed by atoms with Crippen molar-refractivity contribution in [1.82, 2.24) is 14.9 Å². The maximum Gasteiger partial charge on any atom is 0.261 e. The number of nitrogens with zero attached hydrogens (tertiary/aromatic N) is 2. The van der Waals surface area contributed by atoms with E-state index < -0.39 is 0 Å². The third kappa shape index (κ3) is 3.29. The number of nitrogens with one attached hydrogen (secondary N) is 1. The van der Waals surface area contributed by atoms with Crippen LogP contribution >= 0.6 is 0 Å². The SMILES string of the molecule is CC(NC(=O)COc1ccc2ncn(C)c(=O)c2c1)c1ccco1. The highest BCUT2D eigenvalue weighted by Crippen LogP contribution is 2.17. The number of aromatic nitrogens is 2. The summed E-state index contributed by atoms with van der Waals surface area (Å²) < 4.78 is 12.1. The zero-order valence-electron chi connectivity index (χ0n) is 13.4. The quantitative estimate of drug-likeness (QED) is 0.772. The van der Waals surface area contributed by atoms with Gasteiger partial charge in [0.05, 0.1) is 29.5 Å². The van der Waals surface area contributed by atoms with Crippen molar-refractivity contribution in [1.29, 1.82) is 0 Å². The number of rotatable bonds is 5. The molecule has 0 saturated carbocycles. The summed E-state index contributed by atoms with van der Waals surface area (Å²) in [6, 6.07) is 8.27. The van der Waals surface area contributed by atoms with Crippen LogP contribution in [0.1, 0.15) is 18.7 Å². The van der Waals surface area contributed by atoms with Gasteiger partial charge in [-0.1, -0.05) is 0 Å². The minimum Gasteiger partial charge on any atom is -0.484 e. The molecule has 0 fully saturated rings. The predicted octanol–water partition coefficient (Wildman–Crippen LogP) is 1.78. The van der Waals surface area contributed by atoms with Crippen molar-refractivity contribution in [2.24, 2.45) is 7.05 Å². The fourth-order valence-corrected chi connectivity index (χ4v) is 2.32. The predicted molar refractivity (Wildman–Crippen MR) is 87.7 cm³/mol. The average molecular weight is 327 g/mol. The van der Waals surface area contributed by atoms with Gasteiger partial charge in [-0.25, -0.2) is 4.98 Å². The van der Waals surface area contributed by atoms with Crippen LogP contribution in [0.15, 0.2) is 52.1 Å². The second-order valence-electron chi connectivity index (χ2n) is 5.43. The monoisotopic (exact) mass is 327 g/mol. The Labute approximate surface area is 137 Å². The number of hydrogen-bond donors (Lipinski definition) is 1. The summed E-state index contributed by atoms with van der Waals surface area (Å²) in [5.74, 6) is 0.829. The highest BCUT2D eigenvalue weighted by Gasteiger charge is 2.12. The largest absolute Gasteiger partial charge is 0.484 e. The van der Waals surface area contributed by atoms with Crippen LogP contribution < -0.4 is 15.6 Å². The van der Waals surface area contributed by atoms with Crippen molar-refractivity contribution in [3.8, 4) is 5.75 Å². The number of carbonyl (C=O) groups excluding carboxylic acids is 1. The number of furan rings is 1. The van der Waals surface area contributed by atoms with E-state index in [2.05, 4.69) is 10.3 Å². The van der Waals surface area contributed by atoms with Crippen LogP contribution in [-0.2, 0) is 11.8 Å². The number of carbonyl (C=O) groups is 1. The second kappa shape index (κ2) is 6.57. The van der Waals surface area contributed by atoms with Crippen LogP contribution in [-0.4, -0.2) is 22.1 Å². The van der Waals surface area contributed by atoms with Gasteiger partial charge in [-0.3, -0.25) is 9.59 Å². The molecular weight excluding hydrogens is 310 g/mol. The van der Waals surface area contributed by atoms with E-state index in [9.17, 15) is 9.59 Å². The van der Waals surface area contributed by atoms with Crippen molar-refractivity contribution in [3.63, 3.8) is 0 Å². The van der Waals surface area contributed by atoms with Gasteiger partial charge in [0.15, 0.2) is 6.61 Å². The molecule has 0 aliphatic rings. The Morgan fingerprint density at radius 2 is 2.25 bits per heavy atom. The number of amides is 1. The third-order valence-corrected chi connectivity index (χ3v) is 3.61. The van der Waals surface area contributed by atoms with Gasteiger partial charge in [-0.05, 0) is 37.3 Å². The van der Waals surface area contributed by atoms with E-state index in [4.69, 9.17) is 9.15 Å². The normalized spacial score (nSPS) is 12.1. The van der Waals surface area contributed by atoms with E-state index >= 15 is 0 Å². The zero-order valence-corrected chi connectivity index (χ0v) is 13.4. The summed E-state index contributed by atoms with van der Waals surface area (Å²) >= 11 is 0. The summed E-state index contributed by atoms with van der Waals surface area (Å²) in [6.45, 7) is 1.67. The molecule has 24 heavy (non-hydrogen) atoms. The first-order valence-electron chi connectivity index (χ1n) is 7.45. The minimum atomic E-state index is -0.280. The van der Waals surface area contributed by atoms with Crippen molar-refractivity contribution in [2.45, 2.75) is 13.0 Å². The van der Waals surface area contributed by atoms with E-state index in [0.29, 0.717) is 22.4 Å². The van der Waals surface area contributed by atoms with Crippen molar-refractivity contribution < 1.29 is 13.9 Å². The minimum absolute atomic E-state index is 0.156. The Kier molecular flexibility index (Phi) is 4.33. The molecule has 3 rings (SSSR count). The molecule has 1 atom stereocenters. The highest BCUT2D eigenvalue weighted by molar-refractivity contribution is 5.80. The van der Waals surface area contributed by atoms with E-state index in [1.54, 1.807) is 43.6 Å². The topological polar surface area (TPSA) is 86.4 Å². The first kappa shape index (κ1) is 15.8. The number of benzene rings is 1. The lowest BCUT2D eigenvalue weighted by molar-refractivity contribution is -0.123. The standard InChI is InChI=1S/C17H17N3O4/c1-11(15-4-3-7-23-15)19-16(21)9-24-12-5-6-14-13(8-12)17(22)20(2)10-18-14/h3-8,10-11H,9H2,1-2H3,(H,19,21). The molecule has 1 aromatic carbocycles. The first-order chi connectivity index (χ1) is 11.5. The molecular formula is C17H17N3O4. The van der Waals surface area contributed by atoms with Crippen LogP contribution in [0.5, 0.6) is 5.75 Å². The van der Waals surface area contributed by atoms with Gasteiger partial charge in [0, 0.05) is 7.05 Å². The molecule has 0 saturated heterocycles. The summed E-state index contributed by atoms with van der Waals surface area (Å²) in [5, 5.41) is 3.22. The van der Waals surface area contributed by atoms with Gasteiger partial charge >= 0.3 is 0 Å².